The van der Waals surface area contributed by atoms with Crippen molar-refractivity contribution in [2.45, 2.75) is 46.0 Å². The Morgan fingerprint density at radius 3 is 2.62 bits per heavy atom. The van der Waals surface area contributed by atoms with E-state index in [4.69, 9.17) is 5.41 Å². The molecule has 4 nitrogen and oxygen atoms in total. The number of hydrogen-bond donors (Lipinski definition) is 2. The van der Waals surface area contributed by atoms with E-state index in [1.54, 1.807) is 0 Å². The largest absolute Gasteiger partial charge is 0.330 e. The third-order valence-corrected chi connectivity index (χ3v) is 3.78. The summed E-state index contributed by atoms with van der Waals surface area (Å²) in [6.45, 7) is 5.16. The van der Waals surface area contributed by atoms with Crippen molar-refractivity contribution in [3.8, 4) is 0 Å². The van der Waals surface area contributed by atoms with Crippen LogP contribution in [0, 0.1) is 11.3 Å². The van der Waals surface area contributed by atoms with Crippen LogP contribution in [0.3, 0.4) is 0 Å². The van der Waals surface area contributed by atoms with Crippen molar-refractivity contribution < 1.29 is 4.79 Å². The van der Waals surface area contributed by atoms with Crippen LogP contribution in [-0.2, 0) is 4.79 Å². The molecule has 1 aromatic rings. The van der Waals surface area contributed by atoms with E-state index in [1.165, 1.54) is 0 Å². The van der Waals surface area contributed by atoms with Crippen molar-refractivity contribution in [1.82, 2.24) is 0 Å². The van der Waals surface area contributed by atoms with E-state index in [0.29, 0.717) is 18.2 Å². The molecule has 1 amide bonds. The van der Waals surface area contributed by atoms with Gasteiger partial charge in [-0.1, -0.05) is 13.8 Å². The lowest BCUT2D eigenvalue weighted by atomic mass is 10.1. The zero-order valence-electron chi connectivity index (χ0n) is 13.0. The standard InChI is InChI=1S/C17H25N3O/c1-13(2)6-11-17(21)19-14-7-9-15(10-8-14)20-12-4-3-5-16(20)18/h7-10,13,18H,3-6,11-12H2,1-2H3,(H,19,21). The van der Waals surface area contributed by atoms with Crippen LogP contribution in [0.15, 0.2) is 24.3 Å². The highest BCUT2D eigenvalue weighted by Gasteiger charge is 2.16. The summed E-state index contributed by atoms with van der Waals surface area (Å²) in [5, 5.41) is 10.9. The van der Waals surface area contributed by atoms with Gasteiger partial charge in [-0.15, -0.1) is 0 Å². The predicted octanol–water partition coefficient (Wildman–Crippen LogP) is 4.03. The summed E-state index contributed by atoms with van der Waals surface area (Å²) in [5.41, 5.74) is 1.87. The van der Waals surface area contributed by atoms with Gasteiger partial charge in [0.15, 0.2) is 0 Å². The Balaban J connectivity index is 1.92. The highest BCUT2D eigenvalue weighted by molar-refractivity contribution is 5.96. The Morgan fingerprint density at radius 2 is 2.00 bits per heavy atom. The van der Waals surface area contributed by atoms with E-state index in [2.05, 4.69) is 19.2 Å². The monoisotopic (exact) mass is 287 g/mol. The molecular weight excluding hydrogens is 262 g/mol. The molecule has 21 heavy (non-hydrogen) atoms. The van der Waals surface area contributed by atoms with Crippen LogP contribution in [0.1, 0.15) is 46.0 Å². The van der Waals surface area contributed by atoms with Gasteiger partial charge in [0.25, 0.3) is 0 Å². The maximum atomic E-state index is 11.8. The van der Waals surface area contributed by atoms with Gasteiger partial charge in [-0.2, -0.15) is 0 Å². The van der Waals surface area contributed by atoms with Gasteiger partial charge in [-0.25, -0.2) is 0 Å². The van der Waals surface area contributed by atoms with Gasteiger partial charge < -0.3 is 10.2 Å². The third kappa shape index (κ3) is 4.59. The first-order valence-electron chi connectivity index (χ1n) is 7.81. The Morgan fingerprint density at radius 1 is 1.29 bits per heavy atom. The lowest BCUT2D eigenvalue weighted by molar-refractivity contribution is -0.116. The van der Waals surface area contributed by atoms with Crippen molar-refractivity contribution in [3.63, 3.8) is 0 Å². The van der Waals surface area contributed by atoms with E-state index < -0.39 is 0 Å². The molecule has 1 aliphatic rings. The molecular formula is C17H25N3O. The Bertz CT molecular complexity index is 493. The molecule has 1 heterocycles. The Labute approximate surface area is 127 Å². The maximum Gasteiger partial charge on any atom is 0.224 e. The average Bonchev–Trinajstić information content (AvgIpc) is 2.47. The van der Waals surface area contributed by atoms with Crippen LogP contribution in [0.5, 0.6) is 0 Å². The fourth-order valence-corrected chi connectivity index (χ4v) is 2.49. The van der Waals surface area contributed by atoms with Crippen LogP contribution in [-0.4, -0.2) is 18.3 Å². The van der Waals surface area contributed by atoms with Crippen LogP contribution in [0.25, 0.3) is 0 Å². The normalized spacial score (nSPS) is 15.4. The molecule has 0 unspecified atom stereocenters. The molecule has 0 aromatic heterocycles. The van der Waals surface area contributed by atoms with Crippen LogP contribution >= 0.6 is 0 Å². The number of amidine groups is 1. The molecule has 0 atom stereocenters. The zero-order chi connectivity index (χ0) is 15.2. The number of amides is 1. The van der Waals surface area contributed by atoms with Crippen LogP contribution in [0.2, 0.25) is 0 Å². The van der Waals surface area contributed by atoms with Crippen molar-refractivity contribution in [1.29, 1.82) is 5.41 Å². The van der Waals surface area contributed by atoms with Gasteiger partial charge in [0.2, 0.25) is 5.91 Å². The fraction of sp³-hybridized carbons (Fsp3) is 0.529. The van der Waals surface area contributed by atoms with Gasteiger partial charge in [-0.05, 0) is 49.4 Å². The minimum Gasteiger partial charge on any atom is -0.330 e. The third-order valence-electron chi connectivity index (χ3n) is 3.78. The number of nitrogens with zero attached hydrogens (tertiary/aromatic N) is 1. The molecule has 1 saturated heterocycles. The zero-order valence-corrected chi connectivity index (χ0v) is 13.0. The van der Waals surface area contributed by atoms with E-state index in [-0.39, 0.29) is 5.91 Å². The van der Waals surface area contributed by atoms with Crippen molar-refractivity contribution in [3.05, 3.63) is 24.3 Å². The molecule has 0 bridgehead atoms. The molecule has 2 N–H and O–H groups in total. The molecule has 0 spiro atoms. The minimum absolute atomic E-state index is 0.0714. The fourth-order valence-electron chi connectivity index (χ4n) is 2.49. The first kappa shape index (κ1) is 15.5. The van der Waals surface area contributed by atoms with Crippen LogP contribution in [0.4, 0.5) is 11.4 Å². The number of rotatable bonds is 5. The van der Waals surface area contributed by atoms with E-state index in [1.807, 2.05) is 29.2 Å². The summed E-state index contributed by atoms with van der Waals surface area (Å²) in [6, 6.07) is 7.81. The lowest BCUT2D eigenvalue weighted by Gasteiger charge is -2.29. The quantitative estimate of drug-likeness (QED) is 0.859. The Kier molecular flexibility index (Phi) is 5.37. The highest BCUT2D eigenvalue weighted by Crippen LogP contribution is 2.23. The predicted molar refractivity (Wildman–Crippen MR) is 88.1 cm³/mol. The smallest absolute Gasteiger partial charge is 0.224 e. The number of nitrogens with one attached hydrogen (secondary N) is 2. The molecule has 0 aliphatic carbocycles. The minimum atomic E-state index is 0.0714. The second kappa shape index (κ2) is 7.25. The number of benzene rings is 1. The molecule has 114 valence electrons. The molecule has 4 heteroatoms. The molecule has 2 rings (SSSR count). The number of hydrogen-bond acceptors (Lipinski definition) is 2. The van der Waals surface area contributed by atoms with Gasteiger partial charge in [0.1, 0.15) is 5.84 Å². The second-order valence-electron chi connectivity index (χ2n) is 6.08. The number of carbonyl (C=O) groups excluding carboxylic acids is 1. The molecule has 0 saturated carbocycles. The summed E-state index contributed by atoms with van der Waals surface area (Å²) in [4.78, 5) is 13.8. The molecule has 0 radical (unpaired) electrons. The topological polar surface area (TPSA) is 56.2 Å². The van der Waals surface area contributed by atoms with Crippen LogP contribution < -0.4 is 10.2 Å². The first-order valence-corrected chi connectivity index (χ1v) is 7.81. The highest BCUT2D eigenvalue weighted by atomic mass is 16.1. The molecule has 1 aliphatic heterocycles. The summed E-state index contributed by atoms with van der Waals surface area (Å²) < 4.78 is 0. The number of anilines is 2. The summed E-state index contributed by atoms with van der Waals surface area (Å²) in [6.07, 6.45) is 4.58. The lowest BCUT2D eigenvalue weighted by Crippen LogP contribution is -2.34. The van der Waals surface area contributed by atoms with Crippen molar-refractivity contribution in [2.75, 3.05) is 16.8 Å². The van der Waals surface area contributed by atoms with Gasteiger partial charge >= 0.3 is 0 Å². The van der Waals surface area contributed by atoms with Crippen molar-refractivity contribution >= 4 is 23.1 Å². The SMILES string of the molecule is CC(C)CCC(=O)Nc1ccc(N2CCCCC2=N)cc1. The summed E-state index contributed by atoms with van der Waals surface area (Å²) in [5.74, 6) is 1.31. The molecule has 1 aromatic carbocycles. The second-order valence-corrected chi connectivity index (χ2v) is 6.08. The maximum absolute atomic E-state index is 11.8. The average molecular weight is 287 g/mol. The van der Waals surface area contributed by atoms with E-state index >= 15 is 0 Å². The summed E-state index contributed by atoms with van der Waals surface area (Å²) in [7, 11) is 0. The van der Waals surface area contributed by atoms with E-state index in [9.17, 15) is 4.79 Å². The van der Waals surface area contributed by atoms with Gasteiger partial charge in [0.05, 0.1) is 0 Å². The van der Waals surface area contributed by atoms with Gasteiger partial charge in [0, 0.05) is 30.8 Å². The molecule has 1 fully saturated rings. The summed E-state index contributed by atoms with van der Waals surface area (Å²) >= 11 is 0. The van der Waals surface area contributed by atoms with Crippen molar-refractivity contribution in [2.24, 2.45) is 5.92 Å². The number of carbonyl (C=O) groups is 1. The first-order chi connectivity index (χ1) is 10.1. The Hall–Kier alpha value is -1.84. The van der Waals surface area contributed by atoms with E-state index in [0.717, 1.165) is 43.6 Å². The van der Waals surface area contributed by atoms with Gasteiger partial charge in [-0.3, -0.25) is 10.2 Å². The number of piperidine rings is 1.